The second-order valence-electron chi connectivity index (χ2n) is 5.82. The first-order valence-electron chi connectivity index (χ1n) is 7.58. The summed E-state index contributed by atoms with van der Waals surface area (Å²) in [6.45, 7) is 0.762. The van der Waals surface area contributed by atoms with Crippen LogP contribution in [-0.2, 0) is 6.54 Å². The molecule has 116 valence electrons. The molecule has 1 saturated carbocycles. The average Bonchev–Trinajstić information content (AvgIpc) is 3.19. The maximum atomic E-state index is 12.0. The summed E-state index contributed by atoms with van der Waals surface area (Å²) in [5.41, 5.74) is 8.02. The van der Waals surface area contributed by atoms with Gasteiger partial charge in [-0.2, -0.15) is 0 Å². The zero-order valence-corrected chi connectivity index (χ0v) is 12.5. The zero-order valence-electron chi connectivity index (χ0n) is 12.5. The third-order valence-electron chi connectivity index (χ3n) is 4.01. The lowest BCUT2D eigenvalue weighted by Crippen LogP contribution is -2.19. The van der Waals surface area contributed by atoms with Gasteiger partial charge in [-0.25, -0.2) is 9.97 Å². The van der Waals surface area contributed by atoms with Gasteiger partial charge in [-0.15, -0.1) is 0 Å². The first kappa shape index (κ1) is 13.8. The number of pyridine rings is 1. The molecule has 1 fully saturated rings. The van der Waals surface area contributed by atoms with Gasteiger partial charge < -0.3 is 14.7 Å². The average molecular weight is 308 g/mol. The molecule has 2 N–H and O–H groups in total. The second kappa shape index (κ2) is 5.39. The number of furan rings is 1. The van der Waals surface area contributed by atoms with Gasteiger partial charge in [0.15, 0.2) is 5.76 Å². The molecule has 6 nitrogen and oxygen atoms in total. The Morgan fingerprint density at radius 3 is 2.91 bits per heavy atom. The lowest BCUT2D eigenvalue weighted by atomic mass is 10.1. The number of anilines is 1. The molecule has 3 aromatic heterocycles. The summed E-state index contributed by atoms with van der Waals surface area (Å²) in [6.07, 6.45) is 7.51. The van der Waals surface area contributed by atoms with Gasteiger partial charge in [-0.3, -0.25) is 4.79 Å². The van der Waals surface area contributed by atoms with Crippen LogP contribution in [0, 0.1) is 5.92 Å². The van der Waals surface area contributed by atoms with E-state index < -0.39 is 0 Å². The van der Waals surface area contributed by atoms with E-state index in [4.69, 9.17) is 10.2 Å². The van der Waals surface area contributed by atoms with Gasteiger partial charge in [0, 0.05) is 36.1 Å². The number of hydrogen-bond donors (Lipinski definition) is 1. The van der Waals surface area contributed by atoms with Gasteiger partial charge in [0.2, 0.25) is 5.95 Å². The summed E-state index contributed by atoms with van der Waals surface area (Å²) >= 11 is 0. The lowest BCUT2D eigenvalue weighted by molar-refractivity contribution is 0.580. The Bertz CT molecular complexity index is 895. The topological polar surface area (TPSA) is 86.9 Å². The molecule has 6 heteroatoms. The van der Waals surface area contributed by atoms with Crippen LogP contribution in [0.5, 0.6) is 0 Å². The van der Waals surface area contributed by atoms with Crippen LogP contribution in [0.15, 0.2) is 52.1 Å². The van der Waals surface area contributed by atoms with Crippen molar-refractivity contribution >= 4 is 5.95 Å². The summed E-state index contributed by atoms with van der Waals surface area (Å²) in [6, 6.07) is 6.99. The van der Waals surface area contributed by atoms with Crippen molar-refractivity contribution in [1.29, 1.82) is 0 Å². The molecule has 0 saturated heterocycles. The van der Waals surface area contributed by atoms with Crippen molar-refractivity contribution in [2.75, 3.05) is 5.73 Å². The third kappa shape index (κ3) is 2.75. The minimum absolute atomic E-state index is 0.0107. The standard InChI is InChI=1S/C17H16N4O2/c18-17-19-8-13(16(20-17)14-2-1-7-23-14)12-5-6-15(22)21(10-12)9-11-3-4-11/h1-2,5-8,10-11H,3-4,9H2,(H2,18,19,20). The lowest BCUT2D eigenvalue weighted by Gasteiger charge is -2.10. The first-order valence-corrected chi connectivity index (χ1v) is 7.58. The molecule has 3 aromatic rings. The number of rotatable bonds is 4. The van der Waals surface area contributed by atoms with Crippen molar-refractivity contribution in [3.8, 4) is 22.6 Å². The highest BCUT2D eigenvalue weighted by Crippen LogP contribution is 2.32. The van der Waals surface area contributed by atoms with E-state index in [1.54, 1.807) is 35.2 Å². The first-order chi connectivity index (χ1) is 11.2. The smallest absolute Gasteiger partial charge is 0.250 e. The normalized spacial score (nSPS) is 14.1. The fourth-order valence-electron chi connectivity index (χ4n) is 2.62. The molecule has 4 rings (SSSR count). The summed E-state index contributed by atoms with van der Waals surface area (Å²) in [4.78, 5) is 20.4. The number of nitrogen functional groups attached to an aromatic ring is 1. The molecule has 3 heterocycles. The highest BCUT2D eigenvalue weighted by Gasteiger charge is 2.22. The van der Waals surface area contributed by atoms with Crippen LogP contribution in [-0.4, -0.2) is 14.5 Å². The predicted octanol–water partition coefficient (Wildman–Crippen LogP) is 2.56. The van der Waals surface area contributed by atoms with E-state index in [2.05, 4.69) is 9.97 Å². The van der Waals surface area contributed by atoms with Crippen LogP contribution in [0.2, 0.25) is 0 Å². The van der Waals surface area contributed by atoms with Crippen molar-refractivity contribution in [1.82, 2.24) is 14.5 Å². The largest absolute Gasteiger partial charge is 0.463 e. The Hall–Kier alpha value is -2.89. The number of aromatic nitrogens is 3. The van der Waals surface area contributed by atoms with Gasteiger partial charge in [-0.05, 0) is 37.0 Å². The molecule has 0 aromatic carbocycles. The highest BCUT2D eigenvalue weighted by molar-refractivity contribution is 5.78. The van der Waals surface area contributed by atoms with E-state index in [0.29, 0.717) is 17.4 Å². The molecular formula is C17H16N4O2. The van der Waals surface area contributed by atoms with Crippen molar-refractivity contribution in [3.63, 3.8) is 0 Å². The van der Waals surface area contributed by atoms with Gasteiger partial charge in [0.05, 0.1) is 6.26 Å². The highest BCUT2D eigenvalue weighted by atomic mass is 16.3. The maximum absolute atomic E-state index is 12.0. The molecule has 23 heavy (non-hydrogen) atoms. The summed E-state index contributed by atoms with van der Waals surface area (Å²) in [7, 11) is 0. The van der Waals surface area contributed by atoms with Gasteiger partial charge in [0.25, 0.3) is 5.56 Å². The summed E-state index contributed by atoms with van der Waals surface area (Å²) in [5.74, 6) is 1.43. The van der Waals surface area contributed by atoms with Crippen molar-refractivity contribution < 1.29 is 4.42 Å². The fourth-order valence-corrected chi connectivity index (χ4v) is 2.62. The molecule has 0 bridgehead atoms. The minimum atomic E-state index is 0.0107. The van der Waals surface area contributed by atoms with Crippen LogP contribution in [0.3, 0.4) is 0 Å². The molecular weight excluding hydrogens is 292 g/mol. The maximum Gasteiger partial charge on any atom is 0.250 e. The molecule has 0 unspecified atom stereocenters. The Kier molecular flexibility index (Phi) is 3.22. The summed E-state index contributed by atoms with van der Waals surface area (Å²) < 4.78 is 7.21. The quantitative estimate of drug-likeness (QED) is 0.800. The molecule has 1 aliphatic rings. The fraction of sp³-hybridized carbons (Fsp3) is 0.235. The molecule has 0 spiro atoms. The van der Waals surface area contributed by atoms with E-state index in [1.165, 1.54) is 12.8 Å². The molecule has 0 atom stereocenters. The Morgan fingerprint density at radius 2 is 2.17 bits per heavy atom. The summed E-state index contributed by atoms with van der Waals surface area (Å²) in [5, 5.41) is 0. The number of nitrogens with two attached hydrogens (primary N) is 1. The van der Waals surface area contributed by atoms with E-state index >= 15 is 0 Å². The van der Waals surface area contributed by atoms with Crippen LogP contribution in [0.1, 0.15) is 12.8 Å². The Balaban J connectivity index is 1.83. The monoisotopic (exact) mass is 308 g/mol. The van der Waals surface area contributed by atoms with Crippen LogP contribution < -0.4 is 11.3 Å². The molecule has 0 amide bonds. The van der Waals surface area contributed by atoms with Gasteiger partial charge in [0.1, 0.15) is 5.69 Å². The van der Waals surface area contributed by atoms with E-state index in [9.17, 15) is 4.79 Å². The van der Waals surface area contributed by atoms with E-state index in [0.717, 1.165) is 17.7 Å². The second-order valence-corrected chi connectivity index (χ2v) is 5.82. The van der Waals surface area contributed by atoms with Crippen molar-refractivity contribution in [2.45, 2.75) is 19.4 Å². The number of hydrogen-bond acceptors (Lipinski definition) is 5. The van der Waals surface area contributed by atoms with Crippen LogP contribution in [0.4, 0.5) is 5.95 Å². The van der Waals surface area contributed by atoms with E-state index in [-0.39, 0.29) is 11.5 Å². The molecule has 0 aliphatic heterocycles. The van der Waals surface area contributed by atoms with E-state index in [1.807, 2.05) is 12.3 Å². The van der Waals surface area contributed by atoms with Gasteiger partial charge in [-0.1, -0.05) is 0 Å². The Morgan fingerprint density at radius 1 is 1.30 bits per heavy atom. The van der Waals surface area contributed by atoms with Gasteiger partial charge >= 0.3 is 0 Å². The minimum Gasteiger partial charge on any atom is -0.463 e. The third-order valence-corrected chi connectivity index (χ3v) is 4.01. The number of nitrogens with zero attached hydrogens (tertiary/aromatic N) is 3. The van der Waals surface area contributed by atoms with Crippen LogP contribution >= 0.6 is 0 Å². The van der Waals surface area contributed by atoms with Crippen LogP contribution in [0.25, 0.3) is 22.6 Å². The molecule has 0 radical (unpaired) electrons. The zero-order chi connectivity index (χ0) is 15.8. The molecule has 1 aliphatic carbocycles. The Labute approximate surface area is 132 Å². The predicted molar refractivity (Wildman–Crippen MR) is 86.6 cm³/mol. The van der Waals surface area contributed by atoms with Crippen molar-refractivity contribution in [3.05, 3.63) is 53.3 Å². The SMILES string of the molecule is Nc1ncc(-c2ccc(=O)n(CC3CC3)c2)c(-c2ccco2)n1. The van der Waals surface area contributed by atoms with Crippen molar-refractivity contribution in [2.24, 2.45) is 5.92 Å².